The molecule has 2 bridgehead atoms. The molecule has 8 heteroatoms. The van der Waals surface area contributed by atoms with Gasteiger partial charge in [-0.15, -0.1) is 24.8 Å². The molecule has 4 aliphatic rings. The van der Waals surface area contributed by atoms with Crippen LogP contribution in [0.1, 0.15) is 22.3 Å². The average molecular weight is 416 g/mol. The number of likely N-dealkylation sites (tertiary alicyclic amines) is 1. The second-order valence-corrected chi connectivity index (χ2v) is 7.86. The molecule has 4 heterocycles. The molecule has 3 N–H and O–H groups in total. The van der Waals surface area contributed by atoms with Crippen molar-refractivity contribution in [2.75, 3.05) is 44.6 Å². The molecule has 3 saturated heterocycles. The zero-order valence-corrected chi connectivity index (χ0v) is 16.8. The molecular formula is C19H27Cl2N3O3. The monoisotopic (exact) mass is 415 g/mol. The fraction of sp³-hybridized carbons (Fsp3) is 0.632. The highest BCUT2D eigenvalue weighted by Crippen LogP contribution is 2.47. The smallest absolute Gasteiger partial charge is 0.256 e. The number of nitrogens with one attached hydrogen (secondary N) is 2. The number of aliphatic hydroxyl groups excluding tert-OH is 1. The lowest BCUT2D eigenvalue weighted by Gasteiger charge is -2.34. The van der Waals surface area contributed by atoms with Crippen LogP contribution in [-0.2, 0) is 11.2 Å². The second kappa shape index (κ2) is 7.76. The van der Waals surface area contributed by atoms with E-state index in [0.717, 1.165) is 43.7 Å². The quantitative estimate of drug-likeness (QED) is 0.678. The maximum absolute atomic E-state index is 13.3. The Morgan fingerprint density at radius 1 is 1.37 bits per heavy atom. The highest BCUT2D eigenvalue weighted by molar-refractivity contribution is 6.00. The highest BCUT2D eigenvalue weighted by atomic mass is 35.5. The number of benzene rings is 1. The van der Waals surface area contributed by atoms with E-state index < -0.39 is 0 Å². The minimum atomic E-state index is -0.325. The fourth-order valence-corrected chi connectivity index (χ4v) is 5.31. The second-order valence-electron chi connectivity index (χ2n) is 7.86. The van der Waals surface area contributed by atoms with Crippen LogP contribution in [-0.4, -0.2) is 66.9 Å². The summed E-state index contributed by atoms with van der Waals surface area (Å²) in [5, 5.41) is 16.7. The Labute approximate surface area is 171 Å². The van der Waals surface area contributed by atoms with E-state index in [1.54, 1.807) is 0 Å². The van der Waals surface area contributed by atoms with Crippen molar-refractivity contribution in [3.63, 3.8) is 0 Å². The van der Waals surface area contributed by atoms with E-state index in [2.05, 4.69) is 16.7 Å². The number of carbonyl (C=O) groups is 1. The van der Waals surface area contributed by atoms with E-state index in [9.17, 15) is 9.90 Å². The summed E-state index contributed by atoms with van der Waals surface area (Å²) in [5.74, 6) is 0.419. The lowest BCUT2D eigenvalue weighted by atomic mass is 9.83. The topological polar surface area (TPSA) is 73.8 Å². The predicted molar refractivity (Wildman–Crippen MR) is 108 cm³/mol. The summed E-state index contributed by atoms with van der Waals surface area (Å²) < 4.78 is 6.31. The van der Waals surface area contributed by atoms with Gasteiger partial charge in [-0.2, -0.15) is 0 Å². The minimum absolute atomic E-state index is 0. The summed E-state index contributed by atoms with van der Waals surface area (Å²) in [6.45, 7) is 3.90. The zero-order chi connectivity index (χ0) is 17.0. The van der Waals surface area contributed by atoms with Crippen molar-refractivity contribution in [2.24, 2.45) is 11.8 Å². The van der Waals surface area contributed by atoms with Crippen molar-refractivity contribution < 1.29 is 14.6 Å². The number of hydrogen-bond acceptors (Lipinski definition) is 5. The largest absolute Gasteiger partial charge is 0.396 e. The van der Waals surface area contributed by atoms with Crippen LogP contribution < -0.4 is 10.6 Å². The molecule has 0 unspecified atom stereocenters. The Balaban J connectivity index is 0.00000105. The number of anilines is 1. The molecule has 6 nitrogen and oxygen atoms in total. The summed E-state index contributed by atoms with van der Waals surface area (Å²) in [6.07, 6.45) is 2.21. The van der Waals surface area contributed by atoms with Gasteiger partial charge in [-0.1, -0.05) is 12.1 Å². The molecule has 0 aromatic heterocycles. The standard InChI is InChI=1S/C19H25N3O3.2ClH/c23-9-14-15-8-22(11-19(15)10-20-7-16(14)25-19)18(24)13-5-1-3-12-4-2-6-21-17(12)13;;/h1,3,5,14-16,20-21,23H,2,4,6-11H2;2*1H/t14-,15+,16+,19+;;/m0../s1. The molecular weight excluding hydrogens is 389 g/mol. The lowest BCUT2D eigenvalue weighted by Crippen LogP contribution is -2.52. The Bertz CT molecular complexity index is 719. The number of aliphatic hydroxyl groups is 1. The van der Waals surface area contributed by atoms with Gasteiger partial charge in [0, 0.05) is 44.6 Å². The van der Waals surface area contributed by atoms with Crippen LogP contribution >= 0.6 is 24.8 Å². The summed E-state index contributed by atoms with van der Waals surface area (Å²) in [7, 11) is 0. The maximum Gasteiger partial charge on any atom is 0.256 e. The molecule has 0 aliphatic carbocycles. The van der Waals surface area contributed by atoms with Gasteiger partial charge in [0.2, 0.25) is 0 Å². The summed E-state index contributed by atoms with van der Waals surface area (Å²) >= 11 is 0. The third-order valence-corrected chi connectivity index (χ3v) is 6.51. The number of nitrogens with zero attached hydrogens (tertiary/aromatic N) is 1. The van der Waals surface area contributed by atoms with Crippen LogP contribution in [0.3, 0.4) is 0 Å². The van der Waals surface area contributed by atoms with E-state index in [4.69, 9.17) is 4.74 Å². The van der Waals surface area contributed by atoms with Crippen molar-refractivity contribution in [3.8, 4) is 0 Å². The van der Waals surface area contributed by atoms with Gasteiger partial charge in [-0.3, -0.25) is 4.79 Å². The molecule has 150 valence electrons. The van der Waals surface area contributed by atoms with Crippen molar-refractivity contribution in [2.45, 2.75) is 24.5 Å². The van der Waals surface area contributed by atoms with E-state index in [-0.39, 0.29) is 60.9 Å². The molecule has 0 radical (unpaired) electrons. The number of ether oxygens (including phenoxy) is 1. The number of fused-ring (bicyclic) bond motifs is 2. The Morgan fingerprint density at radius 2 is 2.22 bits per heavy atom. The van der Waals surface area contributed by atoms with Crippen LogP contribution in [0.15, 0.2) is 18.2 Å². The third kappa shape index (κ3) is 3.12. The molecule has 27 heavy (non-hydrogen) atoms. The summed E-state index contributed by atoms with van der Waals surface area (Å²) in [5.41, 5.74) is 2.69. The molecule has 4 aliphatic heterocycles. The van der Waals surface area contributed by atoms with Gasteiger partial charge in [-0.25, -0.2) is 0 Å². The van der Waals surface area contributed by atoms with Gasteiger partial charge in [0.25, 0.3) is 5.91 Å². The molecule has 4 atom stereocenters. The first-order valence-electron chi connectivity index (χ1n) is 9.36. The normalized spacial score (nSPS) is 33.2. The molecule has 1 amide bonds. The first kappa shape index (κ1) is 20.7. The number of morpholine rings is 1. The Hall–Kier alpha value is -1.05. The molecule has 1 aromatic carbocycles. The summed E-state index contributed by atoms with van der Waals surface area (Å²) in [6, 6.07) is 6.02. The van der Waals surface area contributed by atoms with Gasteiger partial charge in [0.15, 0.2) is 0 Å². The van der Waals surface area contributed by atoms with Crippen molar-refractivity contribution >= 4 is 36.4 Å². The maximum atomic E-state index is 13.3. The van der Waals surface area contributed by atoms with Crippen molar-refractivity contribution in [3.05, 3.63) is 29.3 Å². The molecule has 1 spiro atoms. The van der Waals surface area contributed by atoms with E-state index in [1.807, 2.05) is 17.0 Å². The number of halogens is 2. The third-order valence-electron chi connectivity index (χ3n) is 6.51. The van der Waals surface area contributed by atoms with Gasteiger partial charge >= 0.3 is 0 Å². The number of para-hydroxylation sites is 1. The molecule has 3 fully saturated rings. The number of aryl methyl sites for hydroxylation is 1. The van der Waals surface area contributed by atoms with Gasteiger partial charge in [0.1, 0.15) is 5.60 Å². The van der Waals surface area contributed by atoms with E-state index in [0.29, 0.717) is 13.1 Å². The van der Waals surface area contributed by atoms with Crippen molar-refractivity contribution in [1.82, 2.24) is 10.2 Å². The minimum Gasteiger partial charge on any atom is -0.396 e. The number of hydrogen-bond donors (Lipinski definition) is 3. The Kier molecular flexibility index (Phi) is 5.94. The van der Waals surface area contributed by atoms with Crippen LogP contribution in [0, 0.1) is 11.8 Å². The Morgan fingerprint density at radius 3 is 3.04 bits per heavy atom. The van der Waals surface area contributed by atoms with Gasteiger partial charge in [0.05, 0.1) is 23.9 Å². The van der Waals surface area contributed by atoms with E-state index in [1.165, 1.54) is 5.56 Å². The number of amides is 1. The summed E-state index contributed by atoms with van der Waals surface area (Å²) in [4.78, 5) is 15.2. The molecule has 5 rings (SSSR count). The predicted octanol–water partition coefficient (Wildman–Crippen LogP) is 1.31. The van der Waals surface area contributed by atoms with Gasteiger partial charge in [-0.05, 0) is 24.5 Å². The van der Waals surface area contributed by atoms with Crippen LogP contribution in [0.2, 0.25) is 0 Å². The SMILES string of the molecule is Cl.Cl.O=C(c1cccc2c1NCCC2)N1C[C@@H]2[C@H](CO)[C@H]3CNC[C@]2(C1)O3. The highest BCUT2D eigenvalue weighted by Gasteiger charge is 2.61. The fourth-order valence-electron chi connectivity index (χ4n) is 5.31. The number of carbonyl (C=O) groups excluding carboxylic acids is 1. The first-order valence-corrected chi connectivity index (χ1v) is 9.36. The van der Waals surface area contributed by atoms with E-state index >= 15 is 0 Å². The van der Waals surface area contributed by atoms with Crippen molar-refractivity contribution in [1.29, 1.82) is 0 Å². The lowest BCUT2D eigenvalue weighted by molar-refractivity contribution is -0.0726. The molecule has 0 saturated carbocycles. The number of rotatable bonds is 2. The van der Waals surface area contributed by atoms with Crippen LogP contribution in [0.4, 0.5) is 5.69 Å². The van der Waals surface area contributed by atoms with Gasteiger partial charge < -0.3 is 25.4 Å². The average Bonchev–Trinajstić information content (AvgIpc) is 3.08. The molecule has 1 aromatic rings. The van der Waals surface area contributed by atoms with Crippen LogP contribution in [0.5, 0.6) is 0 Å². The first-order chi connectivity index (χ1) is 12.2. The van der Waals surface area contributed by atoms with Crippen LogP contribution in [0.25, 0.3) is 0 Å². The zero-order valence-electron chi connectivity index (χ0n) is 15.1.